The number of nitrogens with one attached hydrogen (secondary N) is 1. The Morgan fingerprint density at radius 2 is 1.57 bits per heavy atom. The van der Waals surface area contributed by atoms with Crippen LogP contribution in [0.2, 0.25) is 0 Å². The van der Waals surface area contributed by atoms with Gasteiger partial charge in [-0.3, -0.25) is 14.5 Å². The number of nitrogens with two attached hydrogens (primary N) is 1. The maximum absolute atomic E-state index is 15.0. The van der Waals surface area contributed by atoms with E-state index in [2.05, 4.69) is 5.32 Å². The topological polar surface area (TPSA) is 142 Å². The van der Waals surface area contributed by atoms with E-state index in [4.69, 9.17) is 10.5 Å². The highest BCUT2D eigenvalue weighted by molar-refractivity contribution is 6.06. The molecule has 0 fully saturated rings. The summed E-state index contributed by atoms with van der Waals surface area (Å²) in [6.45, 7) is 10.1. The van der Waals surface area contributed by atoms with Crippen LogP contribution in [0.25, 0.3) is 10.8 Å². The van der Waals surface area contributed by atoms with Gasteiger partial charge in [0.2, 0.25) is 5.91 Å². The van der Waals surface area contributed by atoms with Gasteiger partial charge in [-0.15, -0.1) is 0 Å². The van der Waals surface area contributed by atoms with Crippen LogP contribution in [0.1, 0.15) is 78.7 Å². The Labute approximate surface area is 291 Å². The van der Waals surface area contributed by atoms with Crippen LogP contribution in [0, 0.1) is 17.8 Å². The molecule has 0 aliphatic rings. The van der Waals surface area contributed by atoms with Crippen LogP contribution in [-0.4, -0.2) is 53.3 Å². The highest BCUT2D eigenvalue weighted by Crippen LogP contribution is 2.34. The third-order valence-electron chi connectivity index (χ3n) is 8.57. The van der Waals surface area contributed by atoms with E-state index in [1.54, 1.807) is 0 Å². The molecule has 0 aliphatic heterocycles. The highest BCUT2D eigenvalue weighted by atomic mass is 16.6. The van der Waals surface area contributed by atoms with Crippen molar-refractivity contribution in [3.05, 3.63) is 89.6 Å². The number of amides is 2. The number of aliphatic hydroxyl groups is 2. The van der Waals surface area contributed by atoms with Crippen molar-refractivity contribution in [2.45, 2.75) is 91.9 Å². The van der Waals surface area contributed by atoms with Crippen LogP contribution in [0.5, 0.6) is 0 Å². The van der Waals surface area contributed by atoms with Crippen LogP contribution in [0.3, 0.4) is 0 Å². The molecule has 0 aromatic heterocycles. The number of fused-ring (bicyclic) bond motifs is 1. The summed E-state index contributed by atoms with van der Waals surface area (Å²) < 4.78 is 5.90. The summed E-state index contributed by atoms with van der Waals surface area (Å²) in [5.41, 5.74) is 7.99. The van der Waals surface area contributed by atoms with Crippen LogP contribution >= 0.6 is 0 Å². The minimum Gasteiger partial charge on any atom is -0.444 e. The molecule has 0 saturated carbocycles. The zero-order valence-corrected chi connectivity index (χ0v) is 29.7. The molecular weight excluding hydrogens is 618 g/mol. The summed E-state index contributed by atoms with van der Waals surface area (Å²) in [7, 11) is 0. The van der Waals surface area contributed by atoms with Gasteiger partial charge in [-0.25, -0.2) is 4.79 Å². The second kappa shape index (κ2) is 19.7. The largest absolute Gasteiger partial charge is 0.444 e. The number of hydrogen-bond acceptors (Lipinski definition) is 7. The summed E-state index contributed by atoms with van der Waals surface area (Å²) in [6, 6.07) is 21.6. The molecule has 49 heavy (non-hydrogen) atoms. The molecule has 0 bridgehead atoms. The lowest BCUT2D eigenvalue weighted by Gasteiger charge is -2.35. The van der Waals surface area contributed by atoms with Crippen molar-refractivity contribution in [1.82, 2.24) is 5.32 Å². The SMILES string of the molecule is CCCC[C@@H](C(=O)[C@@H](CC(C)C)[C@H](O)/C(N)=C(/CCCO)C(=O)NCC(C)C)N(C(=O)OCc1ccccc1)c1cccc2ccccc12. The van der Waals surface area contributed by atoms with Crippen molar-refractivity contribution in [3.8, 4) is 0 Å². The van der Waals surface area contributed by atoms with Crippen molar-refractivity contribution in [1.29, 1.82) is 0 Å². The van der Waals surface area contributed by atoms with Crippen molar-refractivity contribution in [2.24, 2.45) is 23.5 Å². The third kappa shape index (κ3) is 11.2. The number of rotatable bonds is 19. The van der Waals surface area contributed by atoms with E-state index in [-0.39, 0.29) is 61.4 Å². The summed E-state index contributed by atoms with van der Waals surface area (Å²) >= 11 is 0. The molecule has 0 spiro atoms. The van der Waals surface area contributed by atoms with E-state index in [0.29, 0.717) is 25.1 Å². The van der Waals surface area contributed by atoms with Crippen molar-refractivity contribution < 1.29 is 29.3 Å². The van der Waals surface area contributed by atoms with Gasteiger partial charge in [0, 0.05) is 29.8 Å². The Morgan fingerprint density at radius 3 is 2.22 bits per heavy atom. The second-order valence-electron chi connectivity index (χ2n) is 13.5. The number of nitrogens with zero attached hydrogens (tertiary/aromatic N) is 1. The number of aliphatic hydroxyl groups excluding tert-OH is 2. The Morgan fingerprint density at radius 1 is 0.898 bits per heavy atom. The van der Waals surface area contributed by atoms with E-state index in [1.165, 1.54) is 4.90 Å². The first-order valence-corrected chi connectivity index (χ1v) is 17.6. The standard InChI is InChI=1S/C40H55N3O6/c1-6-7-21-35(37(45)33(24-27(2)3)38(46)36(41)32(20-14-23-44)39(47)42-25-28(4)5)43(40(48)49-26-29-15-9-8-10-16-29)34-22-13-18-30-17-11-12-19-31(30)34/h8-13,15-19,22,27-28,33,35,38,44,46H,6-7,14,20-21,23-26,41H2,1-5H3,(H,42,47)/b36-32+/t33-,35+,38+/m1/s1. The molecule has 0 unspecified atom stereocenters. The lowest BCUT2D eigenvalue weighted by Crippen LogP contribution is -2.50. The first-order valence-electron chi connectivity index (χ1n) is 17.6. The molecule has 2 amide bonds. The normalized spacial score (nSPS) is 13.9. The molecular formula is C40H55N3O6. The number of carbonyl (C=O) groups is 3. The summed E-state index contributed by atoms with van der Waals surface area (Å²) in [6.07, 6.45) is 0.246. The first-order chi connectivity index (χ1) is 23.5. The van der Waals surface area contributed by atoms with Crippen molar-refractivity contribution in [2.75, 3.05) is 18.1 Å². The molecule has 266 valence electrons. The Hall–Kier alpha value is -4.21. The van der Waals surface area contributed by atoms with Gasteiger partial charge < -0.3 is 26.0 Å². The number of ether oxygens (including phenoxy) is 1. The Kier molecular flexibility index (Phi) is 15.8. The van der Waals surface area contributed by atoms with E-state index < -0.39 is 30.1 Å². The number of hydrogen-bond donors (Lipinski definition) is 4. The number of carbonyl (C=O) groups excluding carboxylic acids is 3. The zero-order valence-electron chi connectivity index (χ0n) is 29.7. The maximum atomic E-state index is 15.0. The molecule has 0 radical (unpaired) electrons. The summed E-state index contributed by atoms with van der Waals surface area (Å²) in [5, 5.41) is 26.0. The lowest BCUT2D eigenvalue weighted by molar-refractivity contribution is -0.128. The van der Waals surface area contributed by atoms with E-state index >= 15 is 0 Å². The smallest absolute Gasteiger partial charge is 0.415 e. The summed E-state index contributed by atoms with van der Waals surface area (Å²) in [5.74, 6) is -1.64. The van der Waals surface area contributed by atoms with Crippen LogP contribution in [0.15, 0.2) is 84.1 Å². The fourth-order valence-electron chi connectivity index (χ4n) is 6.00. The van der Waals surface area contributed by atoms with Crippen LogP contribution < -0.4 is 16.0 Å². The number of unbranched alkanes of at least 4 members (excludes halogenated alkanes) is 1. The predicted octanol–water partition coefficient (Wildman–Crippen LogP) is 6.89. The van der Waals surface area contributed by atoms with Gasteiger partial charge in [0.1, 0.15) is 12.7 Å². The van der Waals surface area contributed by atoms with Gasteiger partial charge in [-0.05, 0) is 54.5 Å². The predicted molar refractivity (Wildman–Crippen MR) is 196 cm³/mol. The number of benzene rings is 3. The number of anilines is 1. The van der Waals surface area contributed by atoms with Crippen LogP contribution in [-0.2, 0) is 20.9 Å². The molecule has 3 aromatic carbocycles. The van der Waals surface area contributed by atoms with Crippen molar-refractivity contribution in [3.63, 3.8) is 0 Å². The molecule has 5 N–H and O–H groups in total. The minimum absolute atomic E-state index is 0.0169. The first kappa shape index (κ1) is 39.2. The van der Waals surface area contributed by atoms with Gasteiger partial charge in [0.05, 0.1) is 17.6 Å². The van der Waals surface area contributed by atoms with Gasteiger partial charge >= 0.3 is 6.09 Å². The highest BCUT2D eigenvalue weighted by Gasteiger charge is 2.40. The van der Waals surface area contributed by atoms with Gasteiger partial charge in [0.15, 0.2) is 5.78 Å². The lowest BCUT2D eigenvalue weighted by atomic mass is 9.81. The average Bonchev–Trinajstić information content (AvgIpc) is 3.10. The van der Waals surface area contributed by atoms with Gasteiger partial charge in [-0.2, -0.15) is 0 Å². The summed E-state index contributed by atoms with van der Waals surface area (Å²) in [4.78, 5) is 43.9. The maximum Gasteiger partial charge on any atom is 0.415 e. The number of ketones is 1. The average molecular weight is 674 g/mol. The molecule has 3 atom stereocenters. The fourth-order valence-corrected chi connectivity index (χ4v) is 6.00. The van der Waals surface area contributed by atoms with Crippen molar-refractivity contribution >= 4 is 34.2 Å². The molecule has 3 aromatic rings. The van der Waals surface area contributed by atoms with Gasteiger partial charge in [0.25, 0.3) is 0 Å². The molecule has 9 nitrogen and oxygen atoms in total. The second-order valence-corrected chi connectivity index (χ2v) is 13.5. The number of Topliss-reactive ketones (excluding diaryl/α,β-unsaturated/α-hetero) is 1. The fraction of sp³-hybridized carbons (Fsp3) is 0.475. The van der Waals surface area contributed by atoms with E-state index in [9.17, 15) is 24.6 Å². The molecule has 0 aliphatic carbocycles. The molecule has 0 saturated heterocycles. The van der Waals surface area contributed by atoms with E-state index in [0.717, 1.165) is 22.8 Å². The quantitative estimate of drug-likeness (QED) is 0.102. The Balaban J connectivity index is 2.15. The third-order valence-corrected chi connectivity index (χ3v) is 8.57. The van der Waals surface area contributed by atoms with Gasteiger partial charge in [-0.1, -0.05) is 114 Å². The van der Waals surface area contributed by atoms with Crippen LogP contribution in [0.4, 0.5) is 10.5 Å². The minimum atomic E-state index is -1.49. The molecule has 9 heteroatoms. The Bertz CT molecular complexity index is 1530. The zero-order chi connectivity index (χ0) is 35.9. The molecule has 0 heterocycles. The molecule has 3 rings (SSSR count). The monoisotopic (exact) mass is 673 g/mol. The van der Waals surface area contributed by atoms with E-state index in [1.807, 2.05) is 107 Å².